The maximum atomic E-state index is 14.0. The highest BCUT2D eigenvalue weighted by Crippen LogP contribution is 2.35. The molecule has 1 aromatic carbocycles. The second-order valence-electron chi connectivity index (χ2n) is 10.4. The lowest BCUT2D eigenvalue weighted by Crippen LogP contribution is -2.60. The Morgan fingerprint density at radius 2 is 1.85 bits per heavy atom. The molecule has 7 nitrogen and oxygen atoms in total. The van der Waals surface area contributed by atoms with E-state index in [9.17, 15) is 9.18 Å². The Morgan fingerprint density at radius 1 is 1.12 bits per heavy atom. The molecule has 3 saturated heterocycles. The van der Waals surface area contributed by atoms with E-state index in [1.165, 1.54) is 6.07 Å². The molecule has 33 heavy (non-hydrogen) atoms. The standard InChI is InChI=1S/C24H37ClFN5O2/c1-24(2,3)33-23(32)28-11-9-19(17-28)31(18-7-8-21(26)20(25)16-18)22-6-5-10-30(22)29-14-12-27(4)13-15-29/h7-8,16,19,22H,5-6,9-15,17H2,1-4H3/t19?,22-/m1/s1. The van der Waals surface area contributed by atoms with Gasteiger partial charge in [-0.2, -0.15) is 0 Å². The van der Waals surface area contributed by atoms with Gasteiger partial charge in [-0.1, -0.05) is 11.6 Å². The number of anilines is 1. The molecule has 2 atom stereocenters. The van der Waals surface area contributed by atoms with Crippen molar-refractivity contribution in [2.75, 3.05) is 57.8 Å². The number of nitrogens with zero attached hydrogens (tertiary/aromatic N) is 5. The predicted octanol–water partition coefficient (Wildman–Crippen LogP) is 3.88. The summed E-state index contributed by atoms with van der Waals surface area (Å²) in [5.41, 5.74) is 0.381. The third-order valence-corrected chi connectivity index (χ3v) is 7.06. The molecule has 9 heteroatoms. The zero-order chi connectivity index (χ0) is 23.8. The van der Waals surface area contributed by atoms with Gasteiger partial charge < -0.3 is 19.4 Å². The number of rotatable bonds is 4. The number of piperazine rings is 1. The van der Waals surface area contributed by atoms with Crippen molar-refractivity contribution < 1.29 is 13.9 Å². The molecule has 3 fully saturated rings. The van der Waals surface area contributed by atoms with Crippen LogP contribution in [0.3, 0.4) is 0 Å². The fourth-order valence-corrected chi connectivity index (χ4v) is 5.31. The molecule has 3 aliphatic rings. The first-order valence-electron chi connectivity index (χ1n) is 12.0. The van der Waals surface area contributed by atoms with Gasteiger partial charge in [0.1, 0.15) is 11.4 Å². The van der Waals surface area contributed by atoms with Gasteiger partial charge in [-0.3, -0.25) is 0 Å². The summed E-state index contributed by atoms with van der Waals surface area (Å²) in [6.07, 6.45) is 2.83. The van der Waals surface area contributed by atoms with E-state index in [1.807, 2.05) is 26.8 Å². The average Bonchev–Trinajstić information content (AvgIpc) is 3.41. The highest BCUT2D eigenvalue weighted by Gasteiger charge is 2.41. The maximum absolute atomic E-state index is 14.0. The Bertz CT molecular complexity index is 843. The van der Waals surface area contributed by atoms with Gasteiger partial charge in [0.2, 0.25) is 0 Å². The van der Waals surface area contributed by atoms with Crippen LogP contribution in [0.15, 0.2) is 18.2 Å². The van der Waals surface area contributed by atoms with Crippen LogP contribution in [0.2, 0.25) is 5.02 Å². The zero-order valence-electron chi connectivity index (χ0n) is 20.3. The van der Waals surface area contributed by atoms with Crippen LogP contribution in [-0.2, 0) is 4.74 Å². The molecule has 1 aromatic rings. The summed E-state index contributed by atoms with van der Waals surface area (Å²) in [4.78, 5) is 19.2. The van der Waals surface area contributed by atoms with Gasteiger partial charge in [0.15, 0.2) is 0 Å². The van der Waals surface area contributed by atoms with Crippen LogP contribution >= 0.6 is 11.6 Å². The van der Waals surface area contributed by atoms with Gasteiger partial charge >= 0.3 is 6.09 Å². The summed E-state index contributed by atoms with van der Waals surface area (Å²) in [6, 6.07) is 5.10. The van der Waals surface area contributed by atoms with Gasteiger partial charge in [-0.25, -0.2) is 19.2 Å². The van der Waals surface area contributed by atoms with Crippen molar-refractivity contribution in [3.05, 3.63) is 29.0 Å². The molecule has 3 aliphatic heterocycles. The molecular formula is C24H37ClFN5O2. The third kappa shape index (κ3) is 5.73. The van der Waals surface area contributed by atoms with Crippen LogP contribution in [0.4, 0.5) is 14.9 Å². The van der Waals surface area contributed by atoms with Crippen LogP contribution < -0.4 is 4.90 Å². The van der Waals surface area contributed by atoms with Crippen LogP contribution in [0.5, 0.6) is 0 Å². The van der Waals surface area contributed by atoms with Crippen molar-refractivity contribution in [3.63, 3.8) is 0 Å². The molecule has 3 heterocycles. The lowest BCUT2D eigenvalue weighted by Gasteiger charge is -2.46. The Morgan fingerprint density at radius 3 is 2.52 bits per heavy atom. The van der Waals surface area contributed by atoms with Crippen molar-refractivity contribution in [1.82, 2.24) is 19.8 Å². The van der Waals surface area contributed by atoms with E-state index in [4.69, 9.17) is 16.3 Å². The minimum Gasteiger partial charge on any atom is -0.444 e. The molecule has 1 amide bonds. The van der Waals surface area contributed by atoms with Crippen LogP contribution in [-0.4, -0.2) is 96.6 Å². The topological polar surface area (TPSA) is 42.5 Å². The Kier molecular flexibility index (Phi) is 7.38. The second-order valence-corrected chi connectivity index (χ2v) is 10.8. The van der Waals surface area contributed by atoms with E-state index in [0.717, 1.165) is 57.7 Å². The van der Waals surface area contributed by atoms with Gasteiger partial charge in [-0.05, 0) is 65.3 Å². The van der Waals surface area contributed by atoms with E-state index in [1.54, 1.807) is 11.0 Å². The monoisotopic (exact) mass is 481 g/mol. The van der Waals surface area contributed by atoms with Gasteiger partial charge in [0, 0.05) is 51.5 Å². The SMILES string of the molecule is CN1CCN(N2CCC[C@H]2N(c2ccc(F)c(Cl)c2)C2CCN(C(=O)OC(C)(C)C)C2)CC1. The Labute approximate surface area is 201 Å². The van der Waals surface area contributed by atoms with Crippen LogP contribution in [0, 0.1) is 5.82 Å². The first-order valence-corrected chi connectivity index (χ1v) is 12.4. The fourth-order valence-electron chi connectivity index (χ4n) is 5.13. The fraction of sp³-hybridized carbons (Fsp3) is 0.708. The number of likely N-dealkylation sites (N-methyl/N-ethyl adjacent to an activating group) is 1. The normalized spacial score (nSPS) is 25.6. The molecule has 0 spiro atoms. The van der Waals surface area contributed by atoms with E-state index in [0.29, 0.717) is 13.1 Å². The number of hydrazine groups is 1. The summed E-state index contributed by atoms with van der Waals surface area (Å²) in [5.74, 6) is -0.412. The van der Waals surface area contributed by atoms with Crippen molar-refractivity contribution in [2.45, 2.75) is 57.8 Å². The van der Waals surface area contributed by atoms with Gasteiger partial charge in [-0.15, -0.1) is 0 Å². The van der Waals surface area contributed by atoms with Gasteiger partial charge in [0.25, 0.3) is 0 Å². The van der Waals surface area contributed by atoms with Crippen molar-refractivity contribution in [3.8, 4) is 0 Å². The number of amides is 1. The largest absolute Gasteiger partial charge is 0.444 e. The Hall–Kier alpha value is -1.61. The minimum absolute atomic E-state index is 0.108. The smallest absolute Gasteiger partial charge is 0.410 e. The molecule has 4 rings (SSSR count). The maximum Gasteiger partial charge on any atom is 0.410 e. The number of likely N-dealkylation sites (tertiary alicyclic amines) is 1. The van der Waals surface area contributed by atoms with Crippen molar-refractivity contribution in [1.29, 1.82) is 0 Å². The average molecular weight is 482 g/mol. The Balaban J connectivity index is 1.58. The molecule has 1 unspecified atom stereocenters. The highest BCUT2D eigenvalue weighted by molar-refractivity contribution is 6.31. The first-order chi connectivity index (χ1) is 15.6. The minimum atomic E-state index is -0.525. The number of halogens is 2. The molecule has 0 radical (unpaired) electrons. The number of carbonyl (C=O) groups is 1. The molecule has 0 aromatic heterocycles. The van der Waals surface area contributed by atoms with Crippen molar-refractivity contribution >= 4 is 23.4 Å². The van der Waals surface area contributed by atoms with E-state index >= 15 is 0 Å². The van der Waals surface area contributed by atoms with Gasteiger partial charge in [0.05, 0.1) is 17.2 Å². The molecule has 0 saturated carbocycles. The number of carbonyl (C=O) groups excluding carboxylic acids is 1. The van der Waals surface area contributed by atoms with E-state index in [2.05, 4.69) is 26.9 Å². The molecule has 184 valence electrons. The summed E-state index contributed by atoms with van der Waals surface area (Å²) < 4.78 is 19.6. The molecular weight excluding hydrogens is 445 g/mol. The zero-order valence-corrected chi connectivity index (χ0v) is 21.0. The number of benzene rings is 1. The quantitative estimate of drug-likeness (QED) is 0.650. The molecule has 0 N–H and O–H groups in total. The molecule has 0 aliphatic carbocycles. The van der Waals surface area contributed by atoms with E-state index < -0.39 is 11.4 Å². The number of hydrogen-bond acceptors (Lipinski definition) is 6. The second kappa shape index (κ2) is 9.94. The summed E-state index contributed by atoms with van der Waals surface area (Å²) >= 11 is 6.21. The number of hydrogen-bond donors (Lipinski definition) is 0. The van der Waals surface area contributed by atoms with Crippen LogP contribution in [0.1, 0.15) is 40.0 Å². The predicted molar refractivity (Wildman–Crippen MR) is 129 cm³/mol. The lowest BCUT2D eigenvalue weighted by atomic mass is 10.1. The lowest BCUT2D eigenvalue weighted by molar-refractivity contribution is -0.0648. The van der Waals surface area contributed by atoms with Crippen molar-refractivity contribution in [2.24, 2.45) is 0 Å². The van der Waals surface area contributed by atoms with Crippen LogP contribution in [0.25, 0.3) is 0 Å². The molecule has 0 bridgehead atoms. The number of ether oxygens (including phenoxy) is 1. The third-order valence-electron chi connectivity index (χ3n) is 6.77. The summed E-state index contributed by atoms with van der Waals surface area (Å²) in [7, 11) is 2.16. The highest BCUT2D eigenvalue weighted by atomic mass is 35.5. The van der Waals surface area contributed by atoms with E-state index in [-0.39, 0.29) is 23.3 Å². The first kappa shape index (κ1) is 24.5. The summed E-state index contributed by atoms with van der Waals surface area (Å²) in [6.45, 7) is 12.0. The summed E-state index contributed by atoms with van der Waals surface area (Å²) in [5, 5.41) is 5.08.